The Morgan fingerprint density at radius 1 is 0.944 bits per heavy atom. The number of likely N-dealkylation sites (tertiary alicyclic amines) is 1. The third-order valence-corrected chi connectivity index (χ3v) is 7.02. The predicted molar refractivity (Wildman–Crippen MR) is 141 cm³/mol. The van der Waals surface area contributed by atoms with Gasteiger partial charge in [-0.1, -0.05) is 48.0 Å². The SMILES string of the molecule is O=C(Nc1ccc(Cl)cc1)N(CCCN1CCC(Cc2ccccc2)CC1)Cc1c(F)cccc1F. The van der Waals surface area contributed by atoms with Gasteiger partial charge in [0.2, 0.25) is 0 Å². The molecule has 4 nitrogen and oxygen atoms in total. The fourth-order valence-corrected chi connectivity index (χ4v) is 4.84. The van der Waals surface area contributed by atoms with E-state index in [1.54, 1.807) is 24.3 Å². The van der Waals surface area contributed by atoms with Crippen molar-refractivity contribution >= 4 is 23.3 Å². The van der Waals surface area contributed by atoms with Gasteiger partial charge in [0, 0.05) is 22.8 Å². The van der Waals surface area contributed by atoms with Gasteiger partial charge in [-0.05, 0) is 93.2 Å². The van der Waals surface area contributed by atoms with Crippen LogP contribution >= 0.6 is 11.6 Å². The number of anilines is 1. The molecule has 0 bridgehead atoms. The molecule has 1 saturated heterocycles. The molecule has 0 aliphatic carbocycles. The van der Waals surface area contributed by atoms with Gasteiger partial charge in [-0.3, -0.25) is 0 Å². The number of piperidine rings is 1. The molecule has 190 valence electrons. The molecule has 7 heteroatoms. The molecular formula is C29H32ClF2N3O. The summed E-state index contributed by atoms with van der Waals surface area (Å²) in [6.45, 7) is 3.13. The van der Waals surface area contributed by atoms with Crippen LogP contribution in [0.25, 0.3) is 0 Å². The van der Waals surface area contributed by atoms with E-state index < -0.39 is 17.7 Å². The number of urea groups is 1. The van der Waals surface area contributed by atoms with Gasteiger partial charge < -0.3 is 15.1 Å². The molecule has 0 spiro atoms. The lowest BCUT2D eigenvalue weighted by Crippen LogP contribution is -2.39. The number of amides is 2. The predicted octanol–water partition coefficient (Wildman–Crippen LogP) is 7.00. The van der Waals surface area contributed by atoms with Crippen molar-refractivity contribution in [2.24, 2.45) is 5.92 Å². The Bertz CT molecular complexity index is 1100. The van der Waals surface area contributed by atoms with Crippen LogP contribution in [0.2, 0.25) is 5.02 Å². The molecule has 1 aliphatic rings. The number of hydrogen-bond acceptors (Lipinski definition) is 2. The Balaban J connectivity index is 1.32. The van der Waals surface area contributed by atoms with Crippen molar-refractivity contribution in [1.82, 2.24) is 9.80 Å². The Hall–Kier alpha value is -2.96. The molecule has 0 radical (unpaired) electrons. The van der Waals surface area contributed by atoms with Gasteiger partial charge in [0.1, 0.15) is 11.6 Å². The van der Waals surface area contributed by atoms with E-state index in [9.17, 15) is 13.6 Å². The summed E-state index contributed by atoms with van der Waals surface area (Å²) in [6, 6.07) is 20.7. The van der Waals surface area contributed by atoms with Crippen molar-refractivity contribution < 1.29 is 13.6 Å². The van der Waals surface area contributed by atoms with Crippen LogP contribution in [0.1, 0.15) is 30.4 Å². The normalized spacial score (nSPS) is 14.5. The Morgan fingerprint density at radius 3 is 2.28 bits per heavy atom. The number of hydrogen-bond donors (Lipinski definition) is 1. The zero-order chi connectivity index (χ0) is 25.3. The molecule has 0 unspecified atom stereocenters. The Kier molecular flexibility index (Phi) is 9.31. The van der Waals surface area contributed by atoms with Gasteiger partial charge in [-0.2, -0.15) is 0 Å². The summed E-state index contributed by atoms with van der Waals surface area (Å²) >= 11 is 5.93. The van der Waals surface area contributed by atoms with Crippen LogP contribution in [0, 0.1) is 17.6 Å². The summed E-state index contributed by atoms with van der Waals surface area (Å²) in [6.07, 6.45) is 4.13. The number of carbonyl (C=O) groups excluding carboxylic acids is 1. The first-order valence-electron chi connectivity index (χ1n) is 12.5. The second kappa shape index (κ2) is 12.8. The van der Waals surface area contributed by atoms with E-state index >= 15 is 0 Å². The lowest BCUT2D eigenvalue weighted by atomic mass is 9.90. The molecule has 0 aromatic heterocycles. The van der Waals surface area contributed by atoms with E-state index in [2.05, 4.69) is 34.5 Å². The quantitative estimate of drug-likeness (QED) is 0.336. The number of nitrogens with zero attached hydrogens (tertiary/aromatic N) is 2. The summed E-state index contributed by atoms with van der Waals surface area (Å²) in [4.78, 5) is 16.9. The summed E-state index contributed by atoms with van der Waals surface area (Å²) in [5, 5.41) is 3.38. The number of rotatable bonds is 9. The van der Waals surface area contributed by atoms with E-state index in [0.717, 1.165) is 38.9 Å². The average Bonchev–Trinajstić information content (AvgIpc) is 2.88. The second-order valence-corrected chi connectivity index (χ2v) is 9.82. The second-order valence-electron chi connectivity index (χ2n) is 9.39. The van der Waals surface area contributed by atoms with Gasteiger partial charge in [-0.25, -0.2) is 13.6 Å². The molecule has 36 heavy (non-hydrogen) atoms. The minimum absolute atomic E-state index is 0.106. The van der Waals surface area contributed by atoms with Crippen LogP contribution < -0.4 is 5.32 Å². The van der Waals surface area contributed by atoms with Crippen molar-refractivity contribution in [3.8, 4) is 0 Å². The zero-order valence-corrected chi connectivity index (χ0v) is 21.1. The maximum Gasteiger partial charge on any atom is 0.322 e. The lowest BCUT2D eigenvalue weighted by Gasteiger charge is -2.32. The van der Waals surface area contributed by atoms with E-state index in [0.29, 0.717) is 29.6 Å². The van der Waals surface area contributed by atoms with Crippen molar-refractivity contribution in [3.05, 3.63) is 101 Å². The maximum absolute atomic E-state index is 14.3. The first kappa shape index (κ1) is 26.1. The number of carbonyl (C=O) groups is 1. The first-order chi connectivity index (χ1) is 17.5. The Labute approximate surface area is 216 Å². The van der Waals surface area contributed by atoms with Crippen LogP contribution in [0.15, 0.2) is 72.8 Å². The molecule has 0 atom stereocenters. The molecule has 4 rings (SSSR count). The highest BCUT2D eigenvalue weighted by Crippen LogP contribution is 2.22. The Morgan fingerprint density at radius 2 is 1.61 bits per heavy atom. The van der Waals surface area contributed by atoms with Crippen molar-refractivity contribution in [1.29, 1.82) is 0 Å². The minimum atomic E-state index is -0.653. The van der Waals surface area contributed by atoms with Gasteiger partial charge in [0.15, 0.2) is 0 Å². The largest absolute Gasteiger partial charge is 0.322 e. The molecule has 1 aliphatic heterocycles. The zero-order valence-electron chi connectivity index (χ0n) is 20.3. The van der Waals surface area contributed by atoms with E-state index in [4.69, 9.17) is 11.6 Å². The van der Waals surface area contributed by atoms with E-state index in [-0.39, 0.29) is 12.1 Å². The van der Waals surface area contributed by atoms with Crippen LogP contribution in [0.5, 0.6) is 0 Å². The summed E-state index contributed by atoms with van der Waals surface area (Å²) < 4.78 is 28.7. The monoisotopic (exact) mass is 511 g/mol. The molecular weight excluding hydrogens is 480 g/mol. The van der Waals surface area contributed by atoms with Crippen molar-refractivity contribution in [2.75, 3.05) is 31.5 Å². The van der Waals surface area contributed by atoms with E-state index in [1.165, 1.54) is 28.7 Å². The van der Waals surface area contributed by atoms with Gasteiger partial charge in [0.25, 0.3) is 0 Å². The highest BCUT2D eigenvalue weighted by Gasteiger charge is 2.22. The molecule has 2 amide bonds. The molecule has 0 saturated carbocycles. The first-order valence-corrected chi connectivity index (χ1v) is 12.9. The number of halogens is 3. The molecule has 1 N–H and O–H groups in total. The minimum Gasteiger partial charge on any atom is -0.320 e. The fraction of sp³-hybridized carbons (Fsp3) is 0.345. The smallest absolute Gasteiger partial charge is 0.320 e. The summed E-state index contributed by atoms with van der Waals surface area (Å²) in [7, 11) is 0. The van der Waals surface area contributed by atoms with Crippen LogP contribution in [0.3, 0.4) is 0 Å². The summed E-state index contributed by atoms with van der Waals surface area (Å²) in [5.74, 6) is -0.617. The van der Waals surface area contributed by atoms with Crippen molar-refractivity contribution in [3.63, 3.8) is 0 Å². The molecule has 3 aromatic carbocycles. The van der Waals surface area contributed by atoms with Crippen LogP contribution in [-0.4, -0.2) is 42.0 Å². The van der Waals surface area contributed by atoms with Crippen LogP contribution in [0.4, 0.5) is 19.3 Å². The van der Waals surface area contributed by atoms with Gasteiger partial charge >= 0.3 is 6.03 Å². The van der Waals surface area contributed by atoms with E-state index in [1.807, 2.05) is 6.07 Å². The topological polar surface area (TPSA) is 35.6 Å². The highest BCUT2D eigenvalue weighted by molar-refractivity contribution is 6.30. The lowest BCUT2D eigenvalue weighted by molar-refractivity contribution is 0.170. The highest BCUT2D eigenvalue weighted by atomic mass is 35.5. The van der Waals surface area contributed by atoms with Gasteiger partial charge in [-0.15, -0.1) is 0 Å². The molecule has 3 aromatic rings. The maximum atomic E-state index is 14.3. The number of benzene rings is 3. The third kappa shape index (κ3) is 7.52. The average molecular weight is 512 g/mol. The third-order valence-electron chi connectivity index (χ3n) is 6.77. The van der Waals surface area contributed by atoms with Gasteiger partial charge in [0.05, 0.1) is 6.54 Å². The standard InChI is InChI=1S/C29H32ClF2N3O/c30-24-10-12-25(13-11-24)33-29(36)35(21-26-27(31)8-4-9-28(26)32)17-5-16-34-18-14-23(15-19-34)20-22-6-2-1-3-7-22/h1-4,6-13,23H,5,14-21H2,(H,33,36). The summed E-state index contributed by atoms with van der Waals surface area (Å²) in [5.41, 5.74) is 1.85. The fourth-order valence-electron chi connectivity index (χ4n) is 4.71. The number of nitrogens with one attached hydrogen (secondary N) is 1. The van der Waals surface area contributed by atoms with Crippen molar-refractivity contribution in [2.45, 2.75) is 32.2 Å². The van der Waals surface area contributed by atoms with Crippen LogP contribution in [-0.2, 0) is 13.0 Å². The molecule has 1 heterocycles. The molecule has 1 fully saturated rings.